The smallest absolute Gasteiger partial charge is 0.355 e. The van der Waals surface area contributed by atoms with Gasteiger partial charge in [-0.25, -0.2) is 4.79 Å². The second-order valence-electron chi connectivity index (χ2n) is 6.33. The summed E-state index contributed by atoms with van der Waals surface area (Å²) in [5, 5.41) is 2.42. The van der Waals surface area contributed by atoms with Gasteiger partial charge >= 0.3 is 5.97 Å². The number of hydrogen-bond acceptors (Lipinski definition) is 5. The molecule has 1 amide bonds. The van der Waals surface area contributed by atoms with Gasteiger partial charge in [0.1, 0.15) is 5.70 Å². The van der Waals surface area contributed by atoms with Crippen LogP contribution in [0.1, 0.15) is 51.5 Å². The Bertz CT molecular complexity index is 955. The molecule has 146 valence electrons. The standard InChI is InChI=1S/C21H22N2O5/c1-12-19(14(3)24)13(2)22-20(12)18(26)11-28-21(27)17(23-15(4)25)10-16-8-6-5-7-9-16/h5-10,22H,11H2,1-4H3,(H,23,25)/b17-10+. The summed E-state index contributed by atoms with van der Waals surface area (Å²) in [6, 6.07) is 8.91. The number of esters is 1. The van der Waals surface area contributed by atoms with Crippen molar-refractivity contribution in [1.82, 2.24) is 10.3 Å². The molecule has 0 bridgehead atoms. The van der Waals surface area contributed by atoms with Gasteiger partial charge in [0, 0.05) is 18.2 Å². The van der Waals surface area contributed by atoms with E-state index >= 15 is 0 Å². The average Bonchev–Trinajstić information content (AvgIpc) is 2.93. The Hall–Kier alpha value is -3.48. The van der Waals surface area contributed by atoms with E-state index in [2.05, 4.69) is 10.3 Å². The summed E-state index contributed by atoms with van der Waals surface area (Å²) < 4.78 is 5.08. The predicted molar refractivity (Wildman–Crippen MR) is 104 cm³/mol. The van der Waals surface area contributed by atoms with Crippen molar-refractivity contribution in [3.63, 3.8) is 0 Å². The first-order chi connectivity index (χ1) is 13.2. The molecular weight excluding hydrogens is 360 g/mol. The van der Waals surface area contributed by atoms with Gasteiger partial charge in [-0.1, -0.05) is 30.3 Å². The zero-order valence-corrected chi connectivity index (χ0v) is 16.2. The zero-order valence-electron chi connectivity index (χ0n) is 16.2. The van der Waals surface area contributed by atoms with E-state index in [1.54, 1.807) is 38.1 Å². The maximum atomic E-state index is 12.4. The molecule has 0 saturated carbocycles. The Kier molecular flexibility index (Phi) is 6.65. The minimum Gasteiger partial charge on any atom is -0.453 e. The number of benzene rings is 1. The maximum Gasteiger partial charge on any atom is 0.355 e. The summed E-state index contributed by atoms with van der Waals surface area (Å²) in [5.41, 5.74) is 2.41. The number of nitrogens with one attached hydrogen (secondary N) is 2. The molecule has 7 nitrogen and oxygen atoms in total. The third-order valence-corrected chi connectivity index (χ3v) is 4.04. The van der Waals surface area contributed by atoms with Crippen LogP contribution in [0.5, 0.6) is 0 Å². The molecule has 0 fully saturated rings. The number of Topliss-reactive ketones (excluding diaryl/α,β-unsaturated/α-hetero) is 2. The Labute approximate surface area is 162 Å². The van der Waals surface area contributed by atoms with E-state index in [9.17, 15) is 19.2 Å². The van der Waals surface area contributed by atoms with Gasteiger partial charge in [0.2, 0.25) is 11.7 Å². The van der Waals surface area contributed by atoms with Crippen LogP contribution in [-0.4, -0.2) is 35.0 Å². The fourth-order valence-electron chi connectivity index (χ4n) is 2.89. The highest BCUT2D eigenvalue weighted by molar-refractivity contribution is 6.05. The largest absolute Gasteiger partial charge is 0.453 e. The van der Waals surface area contributed by atoms with Crippen LogP contribution < -0.4 is 5.32 Å². The van der Waals surface area contributed by atoms with Crippen molar-refractivity contribution >= 4 is 29.5 Å². The number of aromatic nitrogens is 1. The van der Waals surface area contributed by atoms with Crippen LogP contribution >= 0.6 is 0 Å². The Balaban J connectivity index is 2.15. The maximum absolute atomic E-state index is 12.4. The van der Waals surface area contributed by atoms with Gasteiger partial charge in [-0.3, -0.25) is 14.4 Å². The molecule has 1 heterocycles. The van der Waals surface area contributed by atoms with E-state index < -0.39 is 24.3 Å². The van der Waals surface area contributed by atoms with Crippen LogP contribution in [0.2, 0.25) is 0 Å². The first kappa shape index (κ1) is 20.8. The molecule has 2 rings (SSSR count). The average molecular weight is 382 g/mol. The number of ketones is 2. The second kappa shape index (κ2) is 8.94. The second-order valence-corrected chi connectivity index (χ2v) is 6.33. The van der Waals surface area contributed by atoms with Gasteiger partial charge in [0.15, 0.2) is 12.4 Å². The third-order valence-electron chi connectivity index (χ3n) is 4.04. The molecule has 0 unspecified atom stereocenters. The van der Waals surface area contributed by atoms with Crippen molar-refractivity contribution in [1.29, 1.82) is 0 Å². The van der Waals surface area contributed by atoms with Crippen molar-refractivity contribution in [3.8, 4) is 0 Å². The number of carbonyl (C=O) groups excluding carboxylic acids is 4. The molecule has 0 aliphatic heterocycles. The van der Waals surface area contributed by atoms with Gasteiger partial charge in [-0.2, -0.15) is 0 Å². The summed E-state index contributed by atoms with van der Waals surface area (Å²) in [5.74, 6) is -1.89. The lowest BCUT2D eigenvalue weighted by molar-refractivity contribution is -0.139. The summed E-state index contributed by atoms with van der Waals surface area (Å²) in [6.45, 7) is 5.52. The Morgan fingerprint density at radius 2 is 1.71 bits per heavy atom. The Morgan fingerprint density at radius 1 is 1.07 bits per heavy atom. The predicted octanol–water partition coefficient (Wildman–Crippen LogP) is 2.74. The molecule has 7 heteroatoms. The fourth-order valence-corrected chi connectivity index (χ4v) is 2.89. The van der Waals surface area contributed by atoms with Gasteiger partial charge in [0.25, 0.3) is 0 Å². The number of hydrogen-bond donors (Lipinski definition) is 2. The molecule has 0 radical (unpaired) electrons. The third kappa shape index (κ3) is 5.03. The van der Waals surface area contributed by atoms with E-state index in [0.717, 1.165) is 0 Å². The lowest BCUT2D eigenvalue weighted by Gasteiger charge is -2.09. The monoisotopic (exact) mass is 382 g/mol. The van der Waals surface area contributed by atoms with E-state index in [1.165, 1.54) is 19.9 Å². The number of aryl methyl sites for hydroxylation is 1. The number of carbonyl (C=O) groups is 4. The SMILES string of the molecule is CC(=O)N/C(=C/c1ccccc1)C(=O)OCC(=O)c1[nH]c(C)c(C(C)=O)c1C. The number of aromatic amines is 1. The van der Waals surface area contributed by atoms with Crippen molar-refractivity contribution in [2.45, 2.75) is 27.7 Å². The summed E-state index contributed by atoms with van der Waals surface area (Å²) >= 11 is 0. The Morgan fingerprint density at radius 3 is 2.25 bits per heavy atom. The van der Waals surface area contributed by atoms with Crippen molar-refractivity contribution in [2.75, 3.05) is 6.61 Å². The van der Waals surface area contributed by atoms with Gasteiger partial charge in [-0.15, -0.1) is 0 Å². The van der Waals surface area contributed by atoms with Crippen LogP contribution in [0.3, 0.4) is 0 Å². The quantitative estimate of drug-likeness (QED) is 0.435. The highest BCUT2D eigenvalue weighted by Crippen LogP contribution is 2.19. The lowest BCUT2D eigenvalue weighted by atomic mass is 10.1. The van der Waals surface area contributed by atoms with E-state index in [4.69, 9.17) is 4.74 Å². The summed E-state index contributed by atoms with van der Waals surface area (Å²) in [6.07, 6.45) is 1.46. The lowest BCUT2D eigenvalue weighted by Crippen LogP contribution is -2.27. The normalized spacial score (nSPS) is 11.1. The van der Waals surface area contributed by atoms with Crippen molar-refractivity contribution in [2.24, 2.45) is 0 Å². The van der Waals surface area contributed by atoms with Crippen LogP contribution in [0.15, 0.2) is 36.0 Å². The molecule has 2 N–H and O–H groups in total. The molecule has 1 aromatic carbocycles. The number of rotatable bonds is 7. The minimum atomic E-state index is -0.833. The molecule has 0 aliphatic rings. The van der Waals surface area contributed by atoms with E-state index in [0.29, 0.717) is 22.4 Å². The summed E-state index contributed by atoms with van der Waals surface area (Å²) in [7, 11) is 0. The minimum absolute atomic E-state index is 0.0738. The highest BCUT2D eigenvalue weighted by Gasteiger charge is 2.21. The fraction of sp³-hybridized carbons (Fsp3) is 0.238. The van der Waals surface area contributed by atoms with Crippen molar-refractivity contribution in [3.05, 3.63) is 64.1 Å². The van der Waals surface area contributed by atoms with Crippen LogP contribution in [0.25, 0.3) is 6.08 Å². The molecule has 1 aromatic heterocycles. The summed E-state index contributed by atoms with van der Waals surface area (Å²) in [4.78, 5) is 50.8. The van der Waals surface area contributed by atoms with Crippen LogP contribution in [-0.2, 0) is 14.3 Å². The molecule has 0 spiro atoms. The first-order valence-electron chi connectivity index (χ1n) is 8.65. The van der Waals surface area contributed by atoms with Gasteiger partial charge in [-0.05, 0) is 38.0 Å². The van der Waals surface area contributed by atoms with Gasteiger partial charge in [0.05, 0.1) is 5.69 Å². The van der Waals surface area contributed by atoms with Crippen LogP contribution in [0.4, 0.5) is 0 Å². The highest BCUT2D eigenvalue weighted by atomic mass is 16.5. The number of ether oxygens (including phenoxy) is 1. The van der Waals surface area contributed by atoms with E-state index in [1.807, 2.05) is 6.07 Å². The van der Waals surface area contributed by atoms with Crippen LogP contribution in [0, 0.1) is 13.8 Å². The molecule has 28 heavy (non-hydrogen) atoms. The molecule has 0 atom stereocenters. The molecule has 0 aliphatic carbocycles. The molecule has 0 saturated heterocycles. The molecule has 2 aromatic rings. The molecular formula is C21H22N2O5. The van der Waals surface area contributed by atoms with Gasteiger partial charge < -0.3 is 15.0 Å². The number of H-pyrrole nitrogens is 1. The number of amides is 1. The topological polar surface area (TPSA) is 105 Å². The first-order valence-corrected chi connectivity index (χ1v) is 8.65. The zero-order chi connectivity index (χ0) is 20.8. The van der Waals surface area contributed by atoms with E-state index in [-0.39, 0.29) is 17.2 Å². The van der Waals surface area contributed by atoms with Crippen molar-refractivity contribution < 1.29 is 23.9 Å².